The molecule has 0 rings (SSSR count). The Labute approximate surface area is 165 Å². The predicted molar refractivity (Wildman–Crippen MR) is 105 cm³/mol. The molecule has 0 aliphatic heterocycles. The van der Waals surface area contributed by atoms with E-state index >= 15 is 0 Å². The lowest BCUT2D eigenvalue weighted by atomic mass is 10.0. The summed E-state index contributed by atoms with van der Waals surface area (Å²) in [5.41, 5.74) is 10.1. The number of primary amides is 2. The number of aliphatic carboxylic acids is 2. The first-order valence-electron chi connectivity index (χ1n) is 9.70. The Hall–Kier alpha value is -2.64. The standard InChI is InChI=1S/C20H32N2O6/c21-17(23)13-15(19(25)26)11-9-7-5-3-1-2-4-6-8-10-12-16(20(27)28)14-18(22)24/h13-14H,1-12H2,(H2,21,23)(H2,22,24)(H,25,26)(H,27,28). The quantitative estimate of drug-likeness (QED) is 0.218. The smallest absolute Gasteiger partial charge is 0.331 e. The minimum Gasteiger partial charge on any atom is -0.478 e. The fourth-order valence-corrected chi connectivity index (χ4v) is 2.87. The van der Waals surface area contributed by atoms with Gasteiger partial charge >= 0.3 is 11.9 Å². The van der Waals surface area contributed by atoms with E-state index in [0.29, 0.717) is 12.8 Å². The number of nitrogens with two attached hydrogens (primary N) is 2. The van der Waals surface area contributed by atoms with Crippen molar-refractivity contribution < 1.29 is 29.4 Å². The fourth-order valence-electron chi connectivity index (χ4n) is 2.87. The first-order chi connectivity index (χ1) is 13.2. The van der Waals surface area contributed by atoms with E-state index in [2.05, 4.69) is 0 Å². The van der Waals surface area contributed by atoms with Gasteiger partial charge in [-0.3, -0.25) is 9.59 Å². The van der Waals surface area contributed by atoms with Crippen LogP contribution in [0.4, 0.5) is 0 Å². The van der Waals surface area contributed by atoms with Crippen LogP contribution in [0.25, 0.3) is 0 Å². The molecule has 0 bridgehead atoms. The Bertz CT molecular complexity index is 544. The van der Waals surface area contributed by atoms with Crippen LogP contribution in [0.3, 0.4) is 0 Å². The molecule has 0 unspecified atom stereocenters. The molecule has 0 aromatic heterocycles. The molecule has 0 fully saturated rings. The first-order valence-corrected chi connectivity index (χ1v) is 9.70. The minimum absolute atomic E-state index is 0.0595. The first kappa shape index (κ1) is 25.4. The predicted octanol–water partition coefficient (Wildman–Crippen LogP) is 2.66. The number of hydrogen-bond acceptors (Lipinski definition) is 4. The van der Waals surface area contributed by atoms with Gasteiger partial charge in [-0.25, -0.2) is 9.59 Å². The highest BCUT2D eigenvalue weighted by molar-refractivity contribution is 5.97. The van der Waals surface area contributed by atoms with Gasteiger partial charge < -0.3 is 21.7 Å². The van der Waals surface area contributed by atoms with Gasteiger partial charge in [-0.15, -0.1) is 0 Å². The lowest BCUT2D eigenvalue weighted by Gasteiger charge is -2.04. The summed E-state index contributed by atoms with van der Waals surface area (Å²) in [6.45, 7) is 0. The van der Waals surface area contributed by atoms with Gasteiger partial charge in [-0.2, -0.15) is 0 Å². The maximum absolute atomic E-state index is 10.9. The largest absolute Gasteiger partial charge is 0.478 e. The summed E-state index contributed by atoms with van der Waals surface area (Å²) in [5.74, 6) is -3.67. The maximum atomic E-state index is 10.9. The van der Waals surface area contributed by atoms with Crippen LogP contribution in [0.15, 0.2) is 23.3 Å². The van der Waals surface area contributed by atoms with Crippen molar-refractivity contribution in [3.63, 3.8) is 0 Å². The zero-order chi connectivity index (χ0) is 21.4. The fraction of sp³-hybridized carbons (Fsp3) is 0.600. The Morgan fingerprint density at radius 2 is 0.786 bits per heavy atom. The Morgan fingerprint density at radius 1 is 0.536 bits per heavy atom. The van der Waals surface area contributed by atoms with E-state index in [1.807, 2.05) is 0 Å². The molecule has 0 aliphatic rings. The van der Waals surface area contributed by atoms with Gasteiger partial charge in [0.15, 0.2) is 0 Å². The molecule has 28 heavy (non-hydrogen) atoms. The zero-order valence-electron chi connectivity index (χ0n) is 16.3. The summed E-state index contributed by atoms with van der Waals surface area (Å²) in [6, 6.07) is 0. The van der Waals surface area contributed by atoms with Gasteiger partial charge in [0.2, 0.25) is 11.8 Å². The van der Waals surface area contributed by atoms with E-state index in [0.717, 1.165) is 76.4 Å². The van der Waals surface area contributed by atoms with Crippen LogP contribution < -0.4 is 11.5 Å². The van der Waals surface area contributed by atoms with Gasteiger partial charge in [0.25, 0.3) is 0 Å². The van der Waals surface area contributed by atoms with E-state index in [1.54, 1.807) is 0 Å². The third kappa shape index (κ3) is 14.5. The van der Waals surface area contributed by atoms with Crippen molar-refractivity contribution in [3.8, 4) is 0 Å². The van der Waals surface area contributed by atoms with Crippen molar-refractivity contribution in [1.29, 1.82) is 0 Å². The monoisotopic (exact) mass is 396 g/mol. The number of unbranched alkanes of at least 4 members (excludes halogenated alkanes) is 9. The van der Waals surface area contributed by atoms with Crippen molar-refractivity contribution in [2.24, 2.45) is 11.5 Å². The van der Waals surface area contributed by atoms with Crippen LogP contribution in [0.5, 0.6) is 0 Å². The Balaban J connectivity index is 3.65. The van der Waals surface area contributed by atoms with Gasteiger partial charge in [0.05, 0.1) is 0 Å². The highest BCUT2D eigenvalue weighted by Gasteiger charge is 2.09. The minimum atomic E-state index is -1.10. The van der Waals surface area contributed by atoms with Crippen LogP contribution in [-0.2, 0) is 19.2 Å². The number of carboxylic acids is 2. The second-order valence-electron chi connectivity index (χ2n) is 6.79. The van der Waals surface area contributed by atoms with Crippen molar-refractivity contribution in [2.45, 2.75) is 77.0 Å². The van der Waals surface area contributed by atoms with E-state index < -0.39 is 23.8 Å². The molecule has 0 heterocycles. The van der Waals surface area contributed by atoms with Gasteiger partial charge in [-0.1, -0.05) is 51.4 Å². The summed E-state index contributed by atoms with van der Waals surface area (Å²) in [7, 11) is 0. The molecular weight excluding hydrogens is 364 g/mol. The highest BCUT2D eigenvalue weighted by atomic mass is 16.4. The molecule has 0 aliphatic carbocycles. The summed E-state index contributed by atoms with van der Waals surface area (Å²) < 4.78 is 0. The maximum Gasteiger partial charge on any atom is 0.331 e. The molecule has 0 saturated heterocycles. The van der Waals surface area contributed by atoms with Crippen LogP contribution in [0.1, 0.15) is 77.0 Å². The van der Waals surface area contributed by atoms with Crippen molar-refractivity contribution in [2.75, 3.05) is 0 Å². The topological polar surface area (TPSA) is 161 Å². The number of rotatable bonds is 17. The SMILES string of the molecule is NC(=O)C=C(CCCCCCCCCCCCC(=CC(N)=O)C(=O)O)C(=O)O. The molecule has 0 aromatic carbocycles. The van der Waals surface area contributed by atoms with Crippen LogP contribution >= 0.6 is 0 Å². The van der Waals surface area contributed by atoms with Crippen LogP contribution in [0.2, 0.25) is 0 Å². The summed E-state index contributed by atoms with van der Waals surface area (Å²) >= 11 is 0. The van der Waals surface area contributed by atoms with E-state index in [4.69, 9.17) is 21.7 Å². The average molecular weight is 396 g/mol. The van der Waals surface area contributed by atoms with Crippen molar-refractivity contribution >= 4 is 23.8 Å². The molecule has 158 valence electrons. The molecule has 8 heteroatoms. The Kier molecular flexibility index (Phi) is 14.0. The molecular formula is C20H32N2O6. The normalized spacial score (nSPS) is 12.0. The summed E-state index contributed by atoms with van der Waals surface area (Å²) in [4.78, 5) is 43.4. The number of carbonyl (C=O) groups is 4. The zero-order valence-corrected chi connectivity index (χ0v) is 16.3. The molecule has 0 radical (unpaired) electrons. The molecule has 6 N–H and O–H groups in total. The van der Waals surface area contributed by atoms with Gasteiger partial charge in [0.1, 0.15) is 0 Å². The van der Waals surface area contributed by atoms with Gasteiger partial charge in [-0.05, 0) is 25.7 Å². The molecule has 8 nitrogen and oxygen atoms in total. The molecule has 0 saturated carbocycles. The second kappa shape index (κ2) is 15.4. The third-order valence-electron chi connectivity index (χ3n) is 4.32. The summed E-state index contributed by atoms with van der Waals surface area (Å²) in [5, 5.41) is 17.9. The number of carbonyl (C=O) groups excluding carboxylic acids is 2. The average Bonchev–Trinajstić information content (AvgIpc) is 2.59. The van der Waals surface area contributed by atoms with Crippen molar-refractivity contribution in [3.05, 3.63) is 23.3 Å². The molecule has 0 spiro atoms. The lowest BCUT2D eigenvalue weighted by Crippen LogP contribution is -2.11. The second-order valence-corrected chi connectivity index (χ2v) is 6.79. The van der Waals surface area contributed by atoms with Crippen LogP contribution in [0, 0.1) is 0 Å². The number of hydrogen-bond donors (Lipinski definition) is 4. The van der Waals surface area contributed by atoms with Gasteiger partial charge in [0, 0.05) is 23.3 Å². The summed E-state index contributed by atoms with van der Waals surface area (Å²) in [6.07, 6.45) is 12.3. The highest BCUT2D eigenvalue weighted by Crippen LogP contribution is 2.15. The van der Waals surface area contributed by atoms with E-state index in [1.165, 1.54) is 0 Å². The van der Waals surface area contributed by atoms with E-state index in [9.17, 15) is 19.2 Å². The number of carboxylic acid groups (broad SMARTS) is 2. The number of amides is 2. The van der Waals surface area contributed by atoms with Crippen LogP contribution in [-0.4, -0.2) is 34.0 Å². The lowest BCUT2D eigenvalue weighted by molar-refractivity contribution is -0.134. The molecule has 2 amide bonds. The Morgan fingerprint density at radius 3 is 1.00 bits per heavy atom. The van der Waals surface area contributed by atoms with Crippen molar-refractivity contribution in [1.82, 2.24) is 0 Å². The molecule has 0 aromatic rings. The molecule has 0 atom stereocenters. The van der Waals surface area contributed by atoms with E-state index in [-0.39, 0.29) is 11.1 Å². The third-order valence-corrected chi connectivity index (χ3v) is 4.32.